The number of H-pyrrole nitrogens is 1. The fourth-order valence-electron chi connectivity index (χ4n) is 1.74. The second-order valence-electron chi connectivity index (χ2n) is 5.95. The SMILES string of the molecule is CNCCC(C)(C)OCCC(C)(C)c1cn[nH]n1. The molecule has 0 unspecified atom stereocenters. The first kappa shape index (κ1) is 15.1. The standard InChI is InChI=1S/C13H26N4O/c1-12(2,11-10-15-17-16-11)7-9-18-13(3,4)6-8-14-5/h10,14H,6-9H2,1-5H3,(H,15,16,17). The van der Waals surface area contributed by atoms with Crippen LogP contribution in [0.4, 0.5) is 0 Å². The highest BCUT2D eigenvalue weighted by molar-refractivity contribution is 5.07. The fourth-order valence-corrected chi connectivity index (χ4v) is 1.74. The van der Waals surface area contributed by atoms with Gasteiger partial charge in [-0.25, -0.2) is 0 Å². The van der Waals surface area contributed by atoms with E-state index in [4.69, 9.17) is 4.74 Å². The quantitative estimate of drug-likeness (QED) is 0.743. The minimum absolute atomic E-state index is 0.00785. The molecule has 5 heteroatoms. The molecule has 0 aliphatic heterocycles. The number of nitrogens with one attached hydrogen (secondary N) is 2. The average Bonchev–Trinajstić information content (AvgIpc) is 2.80. The molecule has 0 aliphatic rings. The monoisotopic (exact) mass is 254 g/mol. The fraction of sp³-hybridized carbons (Fsp3) is 0.846. The Morgan fingerprint density at radius 3 is 2.56 bits per heavy atom. The molecule has 0 saturated heterocycles. The van der Waals surface area contributed by atoms with E-state index < -0.39 is 0 Å². The van der Waals surface area contributed by atoms with Crippen LogP contribution in [0.25, 0.3) is 0 Å². The number of ether oxygens (including phenoxy) is 1. The number of hydrogen-bond acceptors (Lipinski definition) is 4. The third kappa shape index (κ3) is 4.74. The normalized spacial score (nSPS) is 12.9. The Kier molecular flexibility index (Phi) is 5.28. The van der Waals surface area contributed by atoms with Gasteiger partial charge in [0.1, 0.15) is 0 Å². The van der Waals surface area contributed by atoms with E-state index in [0.29, 0.717) is 0 Å². The van der Waals surface area contributed by atoms with Gasteiger partial charge in [-0.1, -0.05) is 13.8 Å². The van der Waals surface area contributed by atoms with E-state index in [1.54, 1.807) is 6.20 Å². The van der Waals surface area contributed by atoms with Crippen molar-refractivity contribution in [3.05, 3.63) is 11.9 Å². The van der Waals surface area contributed by atoms with Gasteiger partial charge in [-0.15, -0.1) is 0 Å². The van der Waals surface area contributed by atoms with E-state index in [1.807, 2.05) is 7.05 Å². The Bertz CT molecular complexity index is 333. The number of aromatic nitrogens is 3. The Morgan fingerprint density at radius 2 is 2.00 bits per heavy atom. The van der Waals surface area contributed by atoms with Crippen LogP contribution in [0.5, 0.6) is 0 Å². The molecular weight excluding hydrogens is 228 g/mol. The largest absolute Gasteiger partial charge is 0.375 e. The van der Waals surface area contributed by atoms with E-state index in [2.05, 4.69) is 48.4 Å². The van der Waals surface area contributed by atoms with Gasteiger partial charge in [-0.2, -0.15) is 15.4 Å². The summed E-state index contributed by atoms with van der Waals surface area (Å²) >= 11 is 0. The van der Waals surface area contributed by atoms with Crippen molar-refractivity contribution in [1.82, 2.24) is 20.7 Å². The van der Waals surface area contributed by atoms with Crippen LogP contribution < -0.4 is 5.32 Å². The van der Waals surface area contributed by atoms with E-state index in [9.17, 15) is 0 Å². The first-order valence-corrected chi connectivity index (χ1v) is 6.52. The molecule has 0 aromatic carbocycles. The topological polar surface area (TPSA) is 62.8 Å². The van der Waals surface area contributed by atoms with E-state index in [0.717, 1.165) is 31.7 Å². The Balaban J connectivity index is 2.37. The lowest BCUT2D eigenvalue weighted by Gasteiger charge is -2.28. The zero-order valence-electron chi connectivity index (χ0n) is 12.2. The summed E-state index contributed by atoms with van der Waals surface area (Å²) in [6.07, 6.45) is 3.72. The molecular formula is C13H26N4O. The summed E-state index contributed by atoms with van der Waals surface area (Å²) in [5, 5.41) is 13.8. The lowest BCUT2D eigenvalue weighted by atomic mass is 9.86. The molecule has 0 spiro atoms. The number of hydrogen-bond donors (Lipinski definition) is 2. The first-order chi connectivity index (χ1) is 8.37. The van der Waals surface area contributed by atoms with Crippen LogP contribution in [-0.4, -0.2) is 41.2 Å². The molecule has 0 fully saturated rings. The highest BCUT2D eigenvalue weighted by atomic mass is 16.5. The maximum absolute atomic E-state index is 5.97. The molecule has 1 aromatic rings. The molecule has 0 aliphatic carbocycles. The lowest BCUT2D eigenvalue weighted by molar-refractivity contribution is -0.0290. The summed E-state index contributed by atoms with van der Waals surface area (Å²) in [6, 6.07) is 0. The van der Waals surface area contributed by atoms with Gasteiger partial charge in [0.2, 0.25) is 0 Å². The van der Waals surface area contributed by atoms with Crippen LogP contribution in [0, 0.1) is 0 Å². The van der Waals surface area contributed by atoms with Crippen LogP contribution in [0.15, 0.2) is 6.20 Å². The summed E-state index contributed by atoms with van der Waals surface area (Å²) in [5.74, 6) is 0. The molecule has 0 amide bonds. The molecule has 1 heterocycles. The third-order valence-electron chi connectivity index (χ3n) is 3.31. The van der Waals surface area contributed by atoms with Gasteiger partial charge in [0.25, 0.3) is 0 Å². The lowest BCUT2D eigenvalue weighted by Crippen LogP contribution is -2.31. The van der Waals surface area contributed by atoms with Crippen molar-refractivity contribution in [2.45, 2.75) is 51.6 Å². The maximum Gasteiger partial charge on any atom is 0.0881 e. The van der Waals surface area contributed by atoms with Gasteiger partial charge in [-0.05, 0) is 40.3 Å². The van der Waals surface area contributed by atoms with Crippen molar-refractivity contribution < 1.29 is 4.74 Å². The van der Waals surface area contributed by atoms with Gasteiger partial charge < -0.3 is 10.1 Å². The minimum atomic E-state index is -0.0804. The predicted molar refractivity (Wildman–Crippen MR) is 72.6 cm³/mol. The highest BCUT2D eigenvalue weighted by Gasteiger charge is 2.25. The smallest absolute Gasteiger partial charge is 0.0881 e. The molecule has 18 heavy (non-hydrogen) atoms. The van der Waals surface area contributed by atoms with E-state index in [1.165, 1.54) is 0 Å². The Morgan fingerprint density at radius 1 is 1.28 bits per heavy atom. The van der Waals surface area contributed by atoms with Crippen LogP contribution in [0.3, 0.4) is 0 Å². The van der Waals surface area contributed by atoms with Crippen LogP contribution in [-0.2, 0) is 10.2 Å². The number of nitrogens with zero attached hydrogens (tertiary/aromatic N) is 2. The highest BCUT2D eigenvalue weighted by Crippen LogP contribution is 2.25. The molecule has 2 N–H and O–H groups in total. The summed E-state index contributed by atoms with van der Waals surface area (Å²) in [5.41, 5.74) is 0.897. The summed E-state index contributed by atoms with van der Waals surface area (Å²) < 4.78 is 5.97. The molecule has 0 radical (unpaired) electrons. The minimum Gasteiger partial charge on any atom is -0.375 e. The van der Waals surface area contributed by atoms with E-state index in [-0.39, 0.29) is 11.0 Å². The Hall–Kier alpha value is -0.940. The van der Waals surface area contributed by atoms with Gasteiger partial charge in [-0.3, -0.25) is 0 Å². The second-order valence-corrected chi connectivity index (χ2v) is 5.95. The zero-order valence-corrected chi connectivity index (χ0v) is 12.2. The van der Waals surface area contributed by atoms with Gasteiger partial charge in [0.05, 0.1) is 17.5 Å². The molecule has 0 saturated carbocycles. The van der Waals surface area contributed by atoms with Gasteiger partial charge >= 0.3 is 0 Å². The van der Waals surface area contributed by atoms with Crippen molar-refractivity contribution in [2.24, 2.45) is 0 Å². The van der Waals surface area contributed by atoms with Crippen LogP contribution in [0.2, 0.25) is 0 Å². The van der Waals surface area contributed by atoms with Crippen molar-refractivity contribution >= 4 is 0 Å². The number of aromatic amines is 1. The van der Waals surface area contributed by atoms with Crippen molar-refractivity contribution in [3.8, 4) is 0 Å². The molecule has 0 atom stereocenters. The second kappa shape index (κ2) is 6.29. The van der Waals surface area contributed by atoms with Gasteiger partial charge in [0, 0.05) is 12.0 Å². The first-order valence-electron chi connectivity index (χ1n) is 6.52. The molecule has 1 rings (SSSR count). The van der Waals surface area contributed by atoms with Crippen LogP contribution in [0.1, 0.15) is 46.2 Å². The maximum atomic E-state index is 5.97. The molecule has 104 valence electrons. The third-order valence-corrected chi connectivity index (χ3v) is 3.31. The van der Waals surface area contributed by atoms with E-state index >= 15 is 0 Å². The van der Waals surface area contributed by atoms with Crippen molar-refractivity contribution in [2.75, 3.05) is 20.2 Å². The molecule has 1 aromatic heterocycles. The average molecular weight is 254 g/mol. The van der Waals surface area contributed by atoms with Crippen molar-refractivity contribution in [1.29, 1.82) is 0 Å². The number of rotatable bonds is 8. The van der Waals surface area contributed by atoms with Crippen molar-refractivity contribution in [3.63, 3.8) is 0 Å². The predicted octanol–water partition coefficient (Wildman–Crippen LogP) is 1.88. The van der Waals surface area contributed by atoms with Crippen LogP contribution >= 0.6 is 0 Å². The molecule has 0 bridgehead atoms. The van der Waals surface area contributed by atoms with Gasteiger partial charge in [0.15, 0.2) is 0 Å². The summed E-state index contributed by atoms with van der Waals surface area (Å²) in [6.45, 7) is 10.3. The zero-order chi connectivity index (χ0) is 13.6. The summed E-state index contributed by atoms with van der Waals surface area (Å²) in [7, 11) is 1.96. The molecule has 5 nitrogen and oxygen atoms in total. The summed E-state index contributed by atoms with van der Waals surface area (Å²) in [4.78, 5) is 0. The Labute approximate surface area is 110 Å².